The summed E-state index contributed by atoms with van der Waals surface area (Å²) in [5.41, 5.74) is 1.71. The van der Waals surface area contributed by atoms with Crippen molar-refractivity contribution < 1.29 is 27.5 Å². The predicted octanol–water partition coefficient (Wildman–Crippen LogP) is 4.84. The van der Waals surface area contributed by atoms with Gasteiger partial charge in [0.2, 0.25) is 5.91 Å². The fourth-order valence-corrected chi connectivity index (χ4v) is 4.39. The van der Waals surface area contributed by atoms with Gasteiger partial charge in [0, 0.05) is 12.2 Å². The van der Waals surface area contributed by atoms with Crippen molar-refractivity contribution in [1.29, 1.82) is 0 Å². The number of hydrogen-bond acceptors (Lipinski definition) is 5. The number of ether oxygens (including phenoxy) is 1. The number of methoxy groups -OCH3 is 1. The molecule has 1 fully saturated rings. The highest BCUT2D eigenvalue weighted by Crippen LogP contribution is 2.33. The van der Waals surface area contributed by atoms with Gasteiger partial charge in [0.15, 0.2) is 17.5 Å². The largest absolute Gasteiger partial charge is 0.465 e. The number of benzene rings is 2. The lowest BCUT2D eigenvalue weighted by Crippen LogP contribution is -2.33. The van der Waals surface area contributed by atoms with Crippen LogP contribution in [0.4, 0.5) is 23.9 Å². The van der Waals surface area contributed by atoms with Crippen molar-refractivity contribution in [2.45, 2.75) is 12.5 Å². The number of nitrogens with zero attached hydrogens (tertiary/aromatic N) is 1. The van der Waals surface area contributed by atoms with E-state index in [-0.39, 0.29) is 11.5 Å². The molecule has 3 aromatic rings. The van der Waals surface area contributed by atoms with Gasteiger partial charge in [0.05, 0.1) is 12.7 Å². The summed E-state index contributed by atoms with van der Waals surface area (Å²) >= 11 is 1.29. The lowest BCUT2D eigenvalue weighted by Gasteiger charge is -2.17. The smallest absolute Gasteiger partial charge is 0.340 e. The molecule has 160 valence electrons. The third-order valence-corrected chi connectivity index (χ3v) is 5.98. The zero-order valence-corrected chi connectivity index (χ0v) is 17.1. The van der Waals surface area contributed by atoms with E-state index >= 15 is 0 Å². The minimum atomic E-state index is -1.51. The molecule has 0 bridgehead atoms. The first-order valence-corrected chi connectivity index (χ1v) is 10.3. The van der Waals surface area contributed by atoms with E-state index in [2.05, 4.69) is 5.32 Å². The molecular weight excluding hydrogens is 429 g/mol. The Labute approximate surface area is 180 Å². The van der Waals surface area contributed by atoms with Gasteiger partial charge in [0.25, 0.3) is 0 Å². The minimum Gasteiger partial charge on any atom is -0.465 e. The standard InChI is InChI=1S/C22H17F3N2O3S/c1-30-22(29)15-7-9-31-21(15)27-8-6-18(20(27)28)26-14-4-2-12(3-5-14)13-10-16(23)19(25)17(24)11-13/h2-5,7,9-11,18,26H,6,8H2,1H3. The van der Waals surface area contributed by atoms with Crippen LogP contribution in [0.3, 0.4) is 0 Å². The molecule has 0 spiro atoms. The number of nitrogens with one attached hydrogen (secondary N) is 1. The molecule has 0 aliphatic carbocycles. The fraction of sp³-hybridized carbons (Fsp3) is 0.182. The predicted molar refractivity (Wildman–Crippen MR) is 112 cm³/mol. The Morgan fingerprint density at radius 1 is 1.10 bits per heavy atom. The Morgan fingerprint density at radius 2 is 1.77 bits per heavy atom. The monoisotopic (exact) mass is 446 g/mol. The molecule has 1 aromatic heterocycles. The van der Waals surface area contributed by atoms with Crippen molar-refractivity contribution in [1.82, 2.24) is 0 Å². The second-order valence-corrected chi connectivity index (χ2v) is 7.83. The molecule has 2 aromatic carbocycles. The summed E-state index contributed by atoms with van der Waals surface area (Å²) in [6.45, 7) is 0.452. The number of amides is 1. The van der Waals surface area contributed by atoms with Crippen LogP contribution in [0, 0.1) is 17.5 Å². The second-order valence-electron chi connectivity index (χ2n) is 6.94. The number of anilines is 2. The van der Waals surface area contributed by atoms with E-state index in [4.69, 9.17) is 4.74 Å². The number of esters is 1. The molecule has 31 heavy (non-hydrogen) atoms. The quantitative estimate of drug-likeness (QED) is 0.450. The van der Waals surface area contributed by atoms with Crippen molar-refractivity contribution in [3.8, 4) is 11.1 Å². The van der Waals surface area contributed by atoms with Crippen LogP contribution in [0.25, 0.3) is 11.1 Å². The molecule has 0 radical (unpaired) electrons. The van der Waals surface area contributed by atoms with Gasteiger partial charge in [-0.25, -0.2) is 18.0 Å². The van der Waals surface area contributed by atoms with E-state index in [1.165, 1.54) is 18.4 Å². The van der Waals surface area contributed by atoms with Gasteiger partial charge in [-0.05, 0) is 53.3 Å². The minimum absolute atomic E-state index is 0.167. The van der Waals surface area contributed by atoms with E-state index < -0.39 is 29.5 Å². The van der Waals surface area contributed by atoms with Gasteiger partial charge in [-0.1, -0.05) is 12.1 Å². The number of carbonyl (C=O) groups excluding carboxylic acids is 2. The molecular formula is C22H17F3N2O3S. The summed E-state index contributed by atoms with van der Waals surface area (Å²) in [5, 5.41) is 5.43. The molecule has 2 heterocycles. The van der Waals surface area contributed by atoms with Gasteiger partial charge in [-0.2, -0.15) is 0 Å². The zero-order chi connectivity index (χ0) is 22.1. The molecule has 1 aliphatic rings. The first-order valence-electron chi connectivity index (χ1n) is 9.37. The van der Waals surface area contributed by atoms with Crippen LogP contribution in [0.5, 0.6) is 0 Å². The van der Waals surface area contributed by atoms with Crippen molar-refractivity contribution >= 4 is 33.9 Å². The topological polar surface area (TPSA) is 58.6 Å². The van der Waals surface area contributed by atoms with Gasteiger partial charge in [-0.3, -0.25) is 4.79 Å². The summed E-state index contributed by atoms with van der Waals surface area (Å²) in [6, 6.07) is 9.60. The number of hydrogen-bond donors (Lipinski definition) is 1. The first kappa shape index (κ1) is 20.9. The lowest BCUT2D eigenvalue weighted by atomic mass is 10.0. The second kappa shape index (κ2) is 8.43. The Bertz CT molecular complexity index is 1120. The van der Waals surface area contributed by atoms with Crippen molar-refractivity contribution in [2.75, 3.05) is 23.9 Å². The molecule has 1 atom stereocenters. The number of halogens is 3. The molecule has 1 aliphatic heterocycles. The maximum Gasteiger partial charge on any atom is 0.340 e. The molecule has 9 heteroatoms. The highest BCUT2D eigenvalue weighted by Gasteiger charge is 2.35. The molecule has 5 nitrogen and oxygen atoms in total. The molecule has 4 rings (SSSR count). The van der Waals surface area contributed by atoms with E-state index in [0.29, 0.717) is 34.8 Å². The van der Waals surface area contributed by atoms with Crippen LogP contribution in [0.1, 0.15) is 16.8 Å². The van der Waals surface area contributed by atoms with E-state index in [1.54, 1.807) is 40.6 Å². The summed E-state index contributed by atoms with van der Waals surface area (Å²) in [4.78, 5) is 26.3. The highest BCUT2D eigenvalue weighted by atomic mass is 32.1. The van der Waals surface area contributed by atoms with Crippen molar-refractivity contribution in [3.63, 3.8) is 0 Å². The maximum absolute atomic E-state index is 13.5. The van der Waals surface area contributed by atoms with Crippen molar-refractivity contribution in [3.05, 3.63) is 70.9 Å². The Balaban J connectivity index is 1.48. The van der Waals surface area contributed by atoms with Crippen LogP contribution in [-0.4, -0.2) is 31.6 Å². The Morgan fingerprint density at radius 3 is 2.42 bits per heavy atom. The molecule has 1 unspecified atom stereocenters. The molecule has 1 amide bonds. The van der Waals surface area contributed by atoms with Crippen LogP contribution >= 0.6 is 11.3 Å². The number of rotatable bonds is 5. The first-order chi connectivity index (χ1) is 14.9. The molecule has 0 saturated carbocycles. The summed E-state index contributed by atoms with van der Waals surface area (Å²) in [7, 11) is 1.29. The van der Waals surface area contributed by atoms with E-state index in [9.17, 15) is 22.8 Å². The van der Waals surface area contributed by atoms with Gasteiger partial charge < -0.3 is 15.0 Å². The van der Waals surface area contributed by atoms with Crippen LogP contribution in [0.15, 0.2) is 47.8 Å². The average molecular weight is 446 g/mol. The van der Waals surface area contributed by atoms with Crippen LogP contribution in [0.2, 0.25) is 0 Å². The zero-order valence-electron chi connectivity index (χ0n) is 16.3. The SMILES string of the molecule is COC(=O)c1ccsc1N1CCC(Nc2ccc(-c3cc(F)c(F)c(F)c3)cc2)C1=O. The number of thiophene rings is 1. The normalized spacial score (nSPS) is 15.9. The van der Waals surface area contributed by atoms with E-state index in [0.717, 1.165) is 12.1 Å². The molecule has 1 N–H and O–H groups in total. The van der Waals surface area contributed by atoms with Gasteiger partial charge >= 0.3 is 5.97 Å². The van der Waals surface area contributed by atoms with Crippen LogP contribution < -0.4 is 10.2 Å². The third-order valence-electron chi connectivity index (χ3n) is 5.04. The fourth-order valence-electron chi connectivity index (χ4n) is 3.47. The summed E-state index contributed by atoms with van der Waals surface area (Å²) in [6.07, 6.45) is 0.535. The van der Waals surface area contributed by atoms with E-state index in [1.807, 2.05) is 0 Å². The van der Waals surface area contributed by atoms with Gasteiger partial charge in [0.1, 0.15) is 11.0 Å². The van der Waals surface area contributed by atoms with Crippen LogP contribution in [-0.2, 0) is 9.53 Å². The Hall–Kier alpha value is -3.33. The van der Waals surface area contributed by atoms with Gasteiger partial charge in [-0.15, -0.1) is 11.3 Å². The summed E-state index contributed by atoms with van der Waals surface area (Å²) in [5.74, 6) is -4.68. The third kappa shape index (κ3) is 4.00. The number of carbonyl (C=O) groups is 2. The van der Waals surface area contributed by atoms with Crippen molar-refractivity contribution in [2.24, 2.45) is 0 Å². The Kier molecular flexibility index (Phi) is 5.69. The summed E-state index contributed by atoms with van der Waals surface area (Å²) < 4.78 is 44.9. The molecule has 1 saturated heterocycles. The highest BCUT2D eigenvalue weighted by molar-refractivity contribution is 7.14. The average Bonchev–Trinajstić information content (AvgIpc) is 3.38. The maximum atomic E-state index is 13.5. The lowest BCUT2D eigenvalue weighted by molar-refractivity contribution is -0.117.